The molecule has 1 saturated heterocycles. The predicted molar refractivity (Wildman–Crippen MR) is 119 cm³/mol. The van der Waals surface area contributed by atoms with Crippen molar-refractivity contribution < 1.29 is 14.2 Å². The van der Waals surface area contributed by atoms with Crippen LogP contribution in [0, 0.1) is 12.8 Å². The van der Waals surface area contributed by atoms with E-state index < -0.39 is 0 Å². The first-order chi connectivity index (χ1) is 15.2. The average Bonchev–Trinajstić information content (AvgIpc) is 3.42. The Hall–Kier alpha value is -2.65. The molecule has 2 aromatic rings. The highest BCUT2D eigenvalue weighted by Gasteiger charge is 2.15. The molecule has 1 atom stereocenters. The summed E-state index contributed by atoms with van der Waals surface area (Å²) in [6.07, 6.45) is 2.01. The SMILES string of the molecule is COc1ccc(CN=C(NCCCOCC2CCOC2)NCc2nnc(C)n2C)cc1. The number of methoxy groups -OCH3 is 1. The second-order valence-corrected chi connectivity index (χ2v) is 7.67. The number of aliphatic imine (C=N–C) groups is 1. The lowest BCUT2D eigenvalue weighted by Gasteiger charge is -2.13. The Kier molecular flexibility index (Phi) is 9.11. The lowest BCUT2D eigenvalue weighted by Crippen LogP contribution is -2.38. The second kappa shape index (κ2) is 12.3. The van der Waals surface area contributed by atoms with E-state index in [-0.39, 0.29) is 0 Å². The number of aryl methyl sites for hydroxylation is 1. The fraction of sp³-hybridized carbons (Fsp3) is 0.591. The number of hydrogen-bond donors (Lipinski definition) is 2. The summed E-state index contributed by atoms with van der Waals surface area (Å²) in [4.78, 5) is 4.72. The van der Waals surface area contributed by atoms with Gasteiger partial charge in [0.25, 0.3) is 0 Å². The zero-order valence-corrected chi connectivity index (χ0v) is 18.8. The fourth-order valence-corrected chi connectivity index (χ4v) is 3.19. The van der Waals surface area contributed by atoms with E-state index in [2.05, 4.69) is 20.8 Å². The highest BCUT2D eigenvalue weighted by Crippen LogP contribution is 2.13. The summed E-state index contributed by atoms with van der Waals surface area (Å²) in [6.45, 7) is 7.00. The summed E-state index contributed by atoms with van der Waals surface area (Å²) in [6, 6.07) is 7.93. The molecule has 1 aromatic carbocycles. The fourth-order valence-electron chi connectivity index (χ4n) is 3.19. The lowest BCUT2D eigenvalue weighted by atomic mass is 10.1. The van der Waals surface area contributed by atoms with Crippen LogP contribution in [0.1, 0.15) is 30.1 Å². The van der Waals surface area contributed by atoms with E-state index in [4.69, 9.17) is 19.2 Å². The van der Waals surface area contributed by atoms with Crippen LogP contribution in [0.4, 0.5) is 0 Å². The van der Waals surface area contributed by atoms with E-state index in [9.17, 15) is 0 Å². The molecule has 0 aliphatic carbocycles. The molecule has 0 bridgehead atoms. The Labute approximate surface area is 184 Å². The molecule has 3 rings (SSSR count). The molecule has 0 amide bonds. The Bertz CT molecular complexity index is 815. The van der Waals surface area contributed by atoms with E-state index in [1.165, 1.54) is 0 Å². The average molecular weight is 431 g/mol. The Morgan fingerprint density at radius 3 is 2.77 bits per heavy atom. The largest absolute Gasteiger partial charge is 0.497 e. The number of rotatable bonds is 11. The van der Waals surface area contributed by atoms with Gasteiger partial charge in [0.15, 0.2) is 11.8 Å². The minimum atomic E-state index is 0.546. The lowest BCUT2D eigenvalue weighted by molar-refractivity contribution is 0.0888. The minimum absolute atomic E-state index is 0.546. The van der Waals surface area contributed by atoms with E-state index in [0.29, 0.717) is 19.0 Å². The maximum absolute atomic E-state index is 5.78. The maximum atomic E-state index is 5.78. The van der Waals surface area contributed by atoms with Crippen LogP contribution in [0.3, 0.4) is 0 Å². The third-order valence-corrected chi connectivity index (χ3v) is 5.31. The van der Waals surface area contributed by atoms with Gasteiger partial charge in [-0.15, -0.1) is 10.2 Å². The van der Waals surface area contributed by atoms with E-state index >= 15 is 0 Å². The van der Waals surface area contributed by atoms with Crippen molar-refractivity contribution in [2.75, 3.05) is 40.1 Å². The molecule has 2 heterocycles. The van der Waals surface area contributed by atoms with E-state index in [1.807, 2.05) is 42.8 Å². The third-order valence-electron chi connectivity index (χ3n) is 5.31. The summed E-state index contributed by atoms with van der Waals surface area (Å²) in [7, 11) is 3.62. The van der Waals surface area contributed by atoms with Crippen LogP contribution in [-0.2, 0) is 29.6 Å². The van der Waals surface area contributed by atoms with Crippen molar-refractivity contribution in [2.24, 2.45) is 18.0 Å². The molecule has 1 aromatic heterocycles. The standard InChI is InChI=1S/C22H34N6O3/c1-17-26-27-21(28(17)2)14-25-22(24-13-18-5-7-20(29-3)8-6-18)23-10-4-11-30-15-19-9-12-31-16-19/h5-8,19H,4,9-16H2,1-3H3,(H2,23,24,25). The number of aromatic nitrogens is 3. The number of nitrogens with zero attached hydrogens (tertiary/aromatic N) is 4. The van der Waals surface area contributed by atoms with Gasteiger partial charge < -0.3 is 29.4 Å². The second-order valence-electron chi connectivity index (χ2n) is 7.67. The van der Waals surface area contributed by atoms with Crippen LogP contribution in [0.25, 0.3) is 0 Å². The van der Waals surface area contributed by atoms with Gasteiger partial charge in [-0.2, -0.15) is 0 Å². The zero-order valence-electron chi connectivity index (χ0n) is 18.8. The Morgan fingerprint density at radius 1 is 1.26 bits per heavy atom. The quantitative estimate of drug-likeness (QED) is 0.319. The summed E-state index contributed by atoms with van der Waals surface area (Å²) < 4.78 is 18.4. The molecule has 1 aliphatic rings. The van der Waals surface area contributed by atoms with Crippen LogP contribution >= 0.6 is 0 Å². The van der Waals surface area contributed by atoms with Crippen LogP contribution < -0.4 is 15.4 Å². The number of guanidine groups is 1. The van der Waals surface area contributed by atoms with Crippen LogP contribution in [0.15, 0.2) is 29.3 Å². The predicted octanol–water partition coefficient (Wildman–Crippen LogP) is 1.81. The number of hydrogen-bond acceptors (Lipinski definition) is 6. The summed E-state index contributed by atoms with van der Waals surface area (Å²) in [5.41, 5.74) is 1.11. The first-order valence-electron chi connectivity index (χ1n) is 10.8. The molecule has 0 radical (unpaired) electrons. The molecular weight excluding hydrogens is 396 g/mol. The molecule has 1 aliphatic heterocycles. The number of benzene rings is 1. The molecule has 170 valence electrons. The Morgan fingerprint density at radius 2 is 2.10 bits per heavy atom. The van der Waals surface area contributed by atoms with Crippen molar-refractivity contribution in [1.29, 1.82) is 0 Å². The topological polar surface area (TPSA) is 94.8 Å². The van der Waals surface area contributed by atoms with E-state index in [0.717, 1.165) is 74.7 Å². The molecule has 1 unspecified atom stereocenters. The normalized spacial score (nSPS) is 16.5. The highest BCUT2D eigenvalue weighted by molar-refractivity contribution is 5.79. The molecular formula is C22H34N6O3. The number of nitrogens with one attached hydrogen (secondary N) is 2. The summed E-state index contributed by atoms with van der Waals surface area (Å²) in [5.74, 6) is 3.86. The molecule has 0 spiro atoms. The smallest absolute Gasteiger partial charge is 0.191 e. The minimum Gasteiger partial charge on any atom is -0.497 e. The highest BCUT2D eigenvalue weighted by atomic mass is 16.5. The van der Waals surface area contributed by atoms with Crippen molar-refractivity contribution in [3.63, 3.8) is 0 Å². The van der Waals surface area contributed by atoms with Crippen molar-refractivity contribution >= 4 is 5.96 Å². The van der Waals surface area contributed by atoms with Gasteiger partial charge in [-0.1, -0.05) is 12.1 Å². The van der Waals surface area contributed by atoms with Gasteiger partial charge in [-0.05, 0) is 37.5 Å². The molecule has 9 heteroatoms. The van der Waals surface area contributed by atoms with Crippen LogP contribution in [0.5, 0.6) is 5.75 Å². The zero-order chi connectivity index (χ0) is 21.9. The maximum Gasteiger partial charge on any atom is 0.191 e. The van der Waals surface area contributed by atoms with Gasteiger partial charge in [-0.3, -0.25) is 0 Å². The van der Waals surface area contributed by atoms with Crippen LogP contribution in [-0.4, -0.2) is 60.8 Å². The van der Waals surface area contributed by atoms with Gasteiger partial charge >= 0.3 is 0 Å². The molecule has 0 saturated carbocycles. The van der Waals surface area contributed by atoms with Gasteiger partial charge in [0.05, 0.1) is 33.4 Å². The molecule has 1 fully saturated rings. The van der Waals surface area contributed by atoms with Gasteiger partial charge in [0, 0.05) is 32.7 Å². The number of ether oxygens (including phenoxy) is 3. The van der Waals surface area contributed by atoms with E-state index in [1.54, 1.807) is 7.11 Å². The van der Waals surface area contributed by atoms with Gasteiger partial charge in [0.1, 0.15) is 11.6 Å². The summed E-state index contributed by atoms with van der Waals surface area (Å²) in [5, 5.41) is 15.1. The van der Waals surface area contributed by atoms with Gasteiger partial charge in [-0.25, -0.2) is 4.99 Å². The molecule has 31 heavy (non-hydrogen) atoms. The van der Waals surface area contributed by atoms with Crippen molar-refractivity contribution in [3.05, 3.63) is 41.5 Å². The monoisotopic (exact) mass is 430 g/mol. The third kappa shape index (κ3) is 7.52. The van der Waals surface area contributed by atoms with Crippen molar-refractivity contribution in [1.82, 2.24) is 25.4 Å². The summed E-state index contributed by atoms with van der Waals surface area (Å²) >= 11 is 0. The van der Waals surface area contributed by atoms with Gasteiger partial charge in [0.2, 0.25) is 0 Å². The first kappa shape index (κ1) is 23.0. The van der Waals surface area contributed by atoms with Crippen molar-refractivity contribution in [3.8, 4) is 5.75 Å². The molecule has 9 nitrogen and oxygen atoms in total. The van der Waals surface area contributed by atoms with Crippen molar-refractivity contribution in [2.45, 2.75) is 32.9 Å². The Balaban J connectivity index is 1.48. The molecule has 2 N–H and O–H groups in total. The first-order valence-corrected chi connectivity index (χ1v) is 10.8. The van der Waals surface area contributed by atoms with Crippen LogP contribution in [0.2, 0.25) is 0 Å².